The molecule has 0 spiro atoms. The van der Waals surface area contributed by atoms with Crippen molar-refractivity contribution in [3.63, 3.8) is 0 Å². The van der Waals surface area contributed by atoms with Crippen LogP contribution in [-0.2, 0) is 4.79 Å². The summed E-state index contributed by atoms with van der Waals surface area (Å²) >= 11 is 5.79. The van der Waals surface area contributed by atoms with E-state index in [1.165, 1.54) is 0 Å². The normalized spacial score (nSPS) is 11.7. The monoisotopic (exact) mass is 320 g/mol. The molecule has 22 heavy (non-hydrogen) atoms. The Bertz CT molecular complexity index is 583. The van der Waals surface area contributed by atoms with Gasteiger partial charge in [0.2, 0.25) is 0 Å². The molecule has 0 aliphatic carbocycles. The first kappa shape index (κ1) is 16.2. The van der Waals surface area contributed by atoms with Gasteiger partial charge >= 0.3 is 5.97 Å². The smallest absolute Gasteiger partial charge is 0.344 e. The molecule has 116 valence electrons. The Balaban J connectivity index is 1.77. The lowest BCUT2D eigenvalue weighted by Crippen LogP contribution is -2.27. The van der Waals surface area contributed by atoms with Gasteiger partial charge in [0.15, 0.2) is 6.10 Å². The number of carboxylic acids is 1. The molecule has 0 radical (unpaired) electrons. The summed E-state index contributed by atoms with van der Waals surface area (Å²) in [6.07, 6.45) is 0.0702. The highest BCUT2D eigenvalue weighted by Crippen LogP contribution is 2.17. The molecule has 0 aliphatic rings. The van der Waals surface area contributed by atoms with Crippen LogP contribution >= 0.6 is 11.6 Å². The van der Waals surface area contributed by atoms with E-state index < -0.39 is 12.1 Å². The van der Waals surface area contributed by atoms with E-state index in [1.54, 1.807) is 48.5 Å². The molecule has 0 saturated carbocycles. The third kappa shape index (κ3) is 5.30. The number of carboxylic acid groups (broad SMARTS) is 1. The summed E-state index contributed by atoms with van der Waals surface area (Å²) in [7, 11) is 0. The fourth-order valence-electron chi connectivity index (χ4n) is 1.89. The van der Waals surface area contributed by atoms with E-state index in [9.17, 15) is 9.90 Å². The van der Waals surface area contributed by atoms with Gasteiger partial charge in [0.05, 0.1) is 6.61 Å². The van der Waals surface area contributed by atoms with E-state index >= 15 is 0 Å². The van der Waals surface area contributed by atoms with Gasteiger partial charge in [0.1, 0.15) is 11.5 Å². The van der Waals surface area contributed by atoms with E-state index in [-0.39, 0.29) is 0 Å². The molecule has 0 bridgehead atoms. The fourth-order valence-corrected chi connectivity index (χ4v) is 2.01. The van der Waals surface area contributed by atoms with Gasteiger partial charge in [-0.1, -0.05) is 29.8 Å². The van der Waals surface area contributed by atoms with E-state index in [1.807, 2.05) is 6.07 Å². The molecule has 0 amide bonds. The Morgan fingerprint density at radius 1 is 1.05 bits per heavy atom. The first-order chi connectivity index (χ1) is 10.6. The molecule has 0 saturated heterocycles. The van der Waals surface area contributed by atoms with Gasteiger partial charge in [0, 0.05) is 5.02 Å². The molecule has 0 fully saturated rings. The van der Waals surface area contributed by atoms with Gasteiger partial charge in [-0.15, -0.1) is 0 Å². The Morgan fingerprint density at radius 3 is 2.36 bits per heavy atom. The zero-order valence-corrected chi connectivity index (χ0v) is 12.7. The molecule has 0 aromatic heterocycles. The fraction of sp³-hybridized carbons (Fsp3) is 0.235. The van der Waals surface area contributed by atoms with Gasteiger partial charge < -0.3 is 14.6 Å². The van der Waals surface area contributed by atoms with Crippen molar-refractivity contribution in [2.45, 2.75) is 18.9 Å². The number of rotatable bonds is 8. The maximum absolute atomic E-state index is 11.2. The van der Waals surface area contributed by atoms with E-state index in [0.29, 0.717) is 36.0 Å². The standard InChI is InChI=1S/C17H17ClO4/c18-13-8-10-14(11-9-13)21-12-4-7-16(17(19)20)22-15-5-2-1-3-6-15/h1-3,5-6,8-11,16H,4,7,12H2,(H,19,20). The number of ether oxygens (including phenoxy) is 2. The van der Waals surface area contributed by atoms with Gasteiger partial charge in [0.25, 0.3) is 0 Å². The summed E-state index contributed by atoms with van der Waals surface area (Å²) < 4.78 is 11.0. The first-order valence-corrected chi connectivity index (χ1v) is 7.36. The number of hydrogen-bond acceptors (Lipinski definition) is 3. The lowest BCUT2D eigenvalue weighted by Gasteiger charge is -2.15. The molecule has 2 aromatic rings. The number of halogens is 1. The zero-order chi connectivity index (χ0) is 15.8. The average molecular weight is 321 g/mol. The van der Waals surface area contributed by atoms with Gasteiger partial charge in [-0.2, -0.15) is 0 Å². The largest absolute Gasteiger partial charge is 0.494 e. The third-order valence-corrected chi connectivity index (χ3v) is 3.24. The summed E-state index contributed by atoms with van der Waals surface area (Å²) in [5.41, 5.74) is 0. The van der Waals surface area contributed by atoms with Crippen molar-refractivity contribution in [3.8, 4) is 11.5 Å². The first-order valence-electron chi connectivity index (χ1n) is 6.98. The molecule has 4 nitrogen and oxygen atoms in total. The summed E-state index contributed by atoms with van der Waals surface area (Å²) in [5, 5.41) is 9.85. The van der Waals surface area contributed by atoms with Crippen molar-refractivity contribution >= 4 is 17.6 Å². The van der Waals surface area contributed by atoms with Crippen LogP contribution < -0.4 is 9.47 Å². The maximum Gasteiger partial charge on any atom is 0.344 e. The van der Waals surface area contributed by atoms with E-state index in [2.05, 4.69) is 0 Å². The molecule has 2 aromatic carbocycles. The van der Waals surface area contributed by atoms with Crippen LogP contribution in [0.4, 0.5) is 0 Å². The van der Waals surface area contributed by atoms with Crippen LogP contribution in [-0.4, -0.2) is 23.8 Å². The number of hydrogen-bond donors (Lipinski definition) is 1. The van der Waals surface area contributed by atoms with Crippen LogP contribution in [0.5, 0.6) is 11.5 Å². The van der Waals surface area contributed by atoms with Crippen molar-refractivity contribution in [1.82, 2.24) is 0 Å². The highest BCUT2D eigenvalue weighted by molar-refractivity contribution is 6.30. The molecule has 1 N–H and O–H groups in total. The predicted octanol–water partition coefficient (Wildman–Crippen LogP) is 4.03. The maximum atomic E-state index is 11.2. The van der Waals surface area contributed by atoms with Crippen LogP contribution in [0.2, 0.25) is 5.02 Å². The molecular weight excluding hydrogens is 304 g/mol. The van der Waals surface area contributed by atoms with Crippen LogP contribution in [0.3, 0.4) is 0 Å². The molecule has 5 heteroatoms. The number of para-hydroxylation sites is 1. The second-order valence-electron chi connectivity index (χ2n) is 4.70. The highest BCUT2D eigenvalue weighted by Gasteiger charge is 2.18. The van der Waals surface area contributed by atoms with Crippen molar-refractivity contribution in [1.29, 1.82) is 0 Å². The summed E-state index contributed by atoms with van der Waals surface area (Å²) in [5.74, 6) is 0.282. The summed E-state index contributed by atoms with van der Waals surface area (Å²) in [4.78, 5) is 11.2. The van der Waals surface area contributed by atoms with Crippen molar-refractivity contribution < 1.29 is 19.4 Å². The van der Waals surface area contributed by atoms with Gasteiger partial charge in [-0.05, 0) is 49.2 Å². The van der Waals surface area contributed by atoms with Gasteiger partial charge in [-0.25, -0.2) is 4.79 Å². The van der Waals surface area contributed by atoms with E-state index in [0.717, 1.165) is 0 Å². The lowest BCUT2D eigenvalue weighted by atomic mass is 10.2. The van der Waals surface area contributed by atoms with Crippen molar-refractivity contribution in [2.75, 3.05) is 6.61 Å². The Labute approximate surface area is 134 Å². The van der Waals surface area contributed by atoms with Crippen molar-refractivity contribution in [2.24, 2.45) is 0 Å². The van der Waals surface area contributed by atoms with Crippen LogP contribution in [0, 0.1) is 0 Å². The minimum Gasteiger partial charge on any atom is -0.494 e. The Morgan fingerprint density at radius 2 is 1.73 bits per heavy atom. The second-order valence-corrected chi connectivity index (χ2v) is 5.14. The summed E-state index contributed by atoms with van der Waals surface area (Å²) in [6, 6.07) is 16.0. The number of carbonyl (C=O) groups is 1. The Hall–Kier alpha value is -2.20. The number of benzene rings is 2. The van der Waals surface area contributed by atoms with E-state index in [4.69, 9.17) is 21.1 Å². The topological polar surface area (TPSA) is 55.8 Å². The lowest BCUT2D eigenvalue weighted by molar-refractivity contribution is -0.145. The molecule has 0 aliphatic heterocycles. The molecule has 1 unspecified atom stereocenters. The Kier molecular flexibility index (Phi) is 6.10. The predicted molar refractivity (Wildman–Crippen MR) is 84.7 cm³/mol. The molecule has 0 heterocycles. The quantitative estimate of drug-likeness (QED) is 0.746. The SMILES string of the molecule is O=C(O)C(CCCOc1ccc(Cl)cc1)Oc1ccccc1. The van der Waals surface area contributed by atoms with Gasteiger partial charge in [-0.3, -0.25) is 0 Å². The molecule has 2 rings (SSSR count). The van der Waals surface area contributed by atoms with Crippen LogP contribution in [0.15, 0.2) is 54.6 Å². The van der Waals surface area contributed by atoms with Crippen LogP contribution in [0.25, 0.3) is 0 Å². The highest BCUT2D eigenvalue weighted by atomic mass is 35.5. The van der Waals surface area contributed by atoms with Crippen LogP contribution in [0.1, 0.15) is 12.8 Å². The minimum absolute atomic E-state index is 0.373. The zero-order valence-electron chi connectivity index (χ0n) is 11.9. The summed E-state index contributed by atoms with van der Waals surface area (Å²) in [6.45, 7) is 0.420. The minimum atomic E-state index is -0.977. The number of aliphatic carboxylic acids is 1. The molecular formula is C17H17ClO4. The van der Waals surface area contributed by atoms with Crippen molar-refractivity contribution in [3.05, 3.63) is 59.6 Å². The molecule has 1 atom stereocenters. The average Bonchev–Trinajstić information content (AvgIpc) is 2.53. The second kappa shape index (κ2) is 8.29. The third-order valence-electron chi connectivity index (χ3n) is 2.99.